The average Bonchev–Trinajstić information content (AvgIpc) is 2.05. The molecular formula is C9H9BrO. The fraction of sp³-hybridized carbons (Fsp3) is 0. The maximum Gasteiger partial charge on any atom is 0.151 e. The molecule has 0 spiro atoms. The summed E-state index contributed by atoms with van der Waals surface area (Å²) in [6.07, 6.45) is 7.27. The van der Waals surface area contributed by atoms with E-state index >= 15 is 0 Å². The molecule has 0 aromatic rings. The lowest BCUT2D eigenvalue weighted by molar-refractivity contribution is -0.104. The van der Waals surface area contributed by atoms with E-state index in [4.69, 9.17) is 0 Å². The summed E-state index contributed by atoms with van der Waals surface area (Å²) in [6, 6.07) is 0. The molecule has 0 aromatic carbocycles. The molecule has 0 aromatic heterocycles. The fourth-order valence-corrected chi connectivity index (χ4v) is 0.690. The van der Waals surface area contributed by atoms with Crippen LogP contribution in [-0.4, -0.2) is 6.29 Å². The predicted octanol–water partition coefficient (Wildman–Crippen LogP) is 2.76. The minimum Gasteiger partial charge on any atom is -0.298 e. The number of halogens is 1. The SMILES string of the molecule is C=C/C=C\C(C=O)=C(\Br)C=C. The molecule has 0 unspecified atom stereocenters. The molecule has 0 N–H and O–H groups in total. The van der Waals surface area contributed by atoms with Crippen LogP contribution in [0.15, 0.2) is 47.5 Å². The maximum absolute atomic E-state index is 10.4. The smallest absolute Gasteiger partial charge is 0.151 e. The van der Waals surface area contributed by atoms with E-state index in [1.807, 2.05) is 0 Å². The van der Waals surface area contributed by atoms with Crippen LogP contribution in [0.1, 0.15) is 0 Å². The van der Waals surface area contributed by atoms with Gasteiger partial charge in [-0.1, -0.05) is 53.4 Å². The van der Waals surface area contributed by atoms with Crippen LogP contribution in [0.25, 0.3) is 0 Å². The normalized spacial score (nSPS) is 12.5. The third-order valence-electron chi connectivity index (χ3n) is 0.994. The van der Waals surface area contributed by atoms with Crippen molar-refractivity contribution in [2.75, 3.05) is 0 Å². The van der Waals surface area contributed by atoms with Crippen molar-refractivity contribution in [3.63, 3.8) is 0 Å². The molecule has 0 saturated carbocycles. The molecule has 0 aliphatic heterocycles. The predicted molar refractivity (Wildman–Crippen MR) is 51.6 cm³/mol. The zero-order valence-corrected chi connectivity index (χ0v) is 7.67. The van der Waals surface area contributed by atoms with Crippen molar-refractivity contribution in [1.82, 2.24) is 0 Å². The standard InChI is InChI=1S/C9H9BrO/c1-3-5-6-8(7-11)9(10)4-2/h3-7H,1-2H2/b6-5-,9-8-. The summed E-state index contributed by atoms with van der Waals surface area (Å²) in [7, 11) is 0. The Morgan fingerprint density at radius 3 is 2.36 bits per heavy atom. The van der Waals surface area contributed by atoms with E-state index in [9.17, 15) is 4.79 Å². The van der Waals surface area contributed by atoms with Gasteiger partial charge in [-0.15, -0.1) is 0 Å². The maximum atomic E-state index is 10.4. The first-order valence-corrected chi connectivity index (χ1v) is 3.82. The summed E-state index contributed by atoms with van der Waals surface area (Å²) in [4.78, 5) is 10.4. The van der Waals surface area contributed by atoms with Gasteiger partial charge in [0.05, 0.1) is 0 Å². The highest BCUT2D eigenvalue weighted by molar-refractivity contribution is 9.11. The van der Waals surface area contributed by atoms with Crippen molar-refractivity contribution >= 4 is 22.2 Å². The summed E-state index contributed by atoms with van der Waals surface area (Å²) >= 11 is 3.18. The number of hydrogen-bond donors (Lipinski definition) is 0. The summed E-state index contributed by atoms with van der Waals surface area (Å²) in [6.45, 7) is 7.00. The van der Waals surface area contributed by atoms with E-state index in [0.29, 0.717) is 10.1 Å². The molecule has 58 valence electrons. The molecule has 0 rings (SSSR count). The van der Waals surface area contributed by atoms with Gasteiger partial charge in [0.2, 0.25) is 0 Å². The highest BCUT2D eigenvalue weighted by atomic mass is 79.9. The lowest BCUT2D eigenvalue weighted by Gasteiger charge is -1.90. The van der Waals surface area contributed by atoms with Gasteiger partial charge < -0.3 is 0 Å². The summed E-state index contributed by atoms with van der Waals surface area (Å²) in [5, 5.41) is 0. The van der Waals surface area contributed by atoms with E-state index in [0.717, 1.165) is 6.29 Å². The zero-order valence-electron chi connectivity index (χ0n) is 6.09. The van der Waals surface area contributed by atoms with Crippen molar-refractivity contribution in [3.05, 3.63) is 47.5 Å². The minimum atomic E-state index is 0.555. The van der Waals surface area contributed by atoms with Crippen molar-refractivity contribution in [1.29, 1.82) is 0 Å². The highest BCUT2D eigenvalue weighted by Gasteiger charge is 1.92. The van der Waals surface area contributed by atoms with Crippen molar-refractivity contribution < 1.29 is 4.79 Å². The minimum absolute atomic E-state index is 0.555. The molecule has 0 heterocycles. The van der Waals surface area contributed by atoms with Crippen molar-refractivity contribution in [2.24, 2.45) is 0 Å². The van der Waals surface area contributed by atoms with Gasteiger partial charge in [-0.05, 0) is 0 Å². The number of allylic oxidation sites excluding steroid dienone is 6. The van der Waals surface area contributed by atoms with Gasteiger partial charge in [-0.25, -0.2) is 0 Å². The molecule has 0 aliphatic carbocycles. The molecule has 0 bridgehead atoms. The third-order valence-corrected chi connectivity index (χ3v) is 1.78. The van der Waals surface area contributed by atoms with Crippen LogP contribution in [0.4, 0.5) is 0 Å². The van der Waals surface area contributed by atoms with Crippen LogP contribution >= 0.6 is 15.9 Å². The van der Waals surface area contributed by atoms with Crippen LogP contribution in [0, 0.1) is 0 Å². The highest BCUT2D eigenvalue weighted by Crippen LogP contribution is 2.12. The molecule has 0 fully saturated rings. The lowest BCUT2D eigenvalue weighted by atomic mass is 10.2. The first-order chi connectivity index (χ1) is 5.26. The monoisotopic (exact) mass is 212 g/mol. The van der Waals surface area contributed by atoms with Crippen LogP contribution in [0.3, 0.4) is 0 Å². The first-order valence-electron chi connectivity index (χ1n) is 3.02. The van der Waals surface area contributed by atoms with Crippen LogP contribution in [0.5, 0.6) is 0 Å². The number of carbonyl (C=O) groups is 1. The third kappa shape index (κ3) is 3.73. The van der Waals surface area contributed by atoms with Crippen molar-refractivity contribution in [3.8, 4) is 0 Å². The molecular weight excluding hydrogens is 204 g/mol. The second kappa shape index (κ2) is 5.86. The Balaban J connectivity index is 4.64. The van der Waals surface area contributed by atoms with E-state index < -0.39 is 0 Å². The van der Waals surface area contributed by atoms with E-state index in [-0.39, 0.29) is 0 Å². The molecule has 0 radical (unpaired) electrons. The second-order valence-electron chi connectivity index (χ2n) is 1.72. The molecule has 1 nitrogen and oxygen atoms in total. The Morgan fingerprint density at radius 1 is 1.36 bits per heavy atom. The Hall–Kier alpha value is -0.890. The quantitative estimate of drug-likeness (QED) is 0.398. The molecule has 0 atom stereocenters. The molecule has 0 saturated heterocycles. The van der Waals surface area contributed by atoms with Crippen LogP contribution < -0.4 is 0 Å². The van der Waals surface area contributed by atoms with Crippen molar-refractivity contribution in [2.45, 2.75) is 0 Å². The number of hydrogen-bond acceptors (Lipinski definition) is 1. The number of rotatable bonds is 4. The van der Waals surface area contributed by atoms with Gasteiger partial charge in [0.25, 0.3) is 0 Å². The number of aldehydes is 1. The zero-order chi connectivity index (χ0) is 8.69. The largest absolute Gasteiger partial charge is 0.298 e. The van der Waals surface area contributed by atoms with Gasteiger partial charge in [0.15, 0.2) is 6.29 Å². The van der Waals surface area contributed by atoms with Gasteiger partial charge >= 0.3 is 0 Å². The summed E-state index contributed by atoms with van der Waals surface area (Å²) in [5.74, 6) is 0. The molecule has 0 amide bonds. The Bertz CT molecular complexity index is 224. The van der Waals surface area contributed by atoms with E-state index in [1.54, 1.807) is 24.3 Å². The average molecular weight is 213 g/mol. The molecule has 11 heavy (non-hydrogen) atoms. The summed E-state index contributed by atoms with van der Waals surface area (Å²) in [5.41, 5.74) is 0.555. The van der Waals surface area contributed by atoms with Crippen LogP contribution in [-0.2, 0) is 4.79 Å². The lowest BCUT2D eigenvalue weighted by Crippen LogP contribution is -1.80. The molecule has 2 heteroatoms. The summed E-state index contributed by atoms with van der Waals surface area (Å²) < 4.78 is 0.686. The fourth-order valence-electron chi connectivity index (χ4n) is 0.465. The Labute approximate surface area is 74.9 Å². The topological polar surface area (TPSA) is 17.1 Å². The Morgan fingerprint density at radius 2 is 2.00 bits per heavy atom. The first kappa shape index (κ1) is 10.1. The van der Waals surface area contributed by atoms with Crippen LogP contribution in [0.2, 0.25) is 0 Å². The molecule has 0 aliphatic rings. The van der Waals surface area contributed by atoms with Gasteiger partial charge in [0, 0.05) is 10.1 Å². The van der Waals surface area contributed by atoms with E-state index in [1.165, 1.54) is 0 Å². The Kier molecular flexibility index (Phi) is 5.39. The van der Waals surface area contributed by atoms with Gasteiger partial charge in [-0.3, -0.25) is 4.79 Å². The second-order valence-corrected chi connectivity index (χ2v) is 2.57. The van der Waals surface area contributed by atoms with Gasteiger partial charge in [0.1, 0.15) is 0 Å². The number of carbonyl (C=O) groups excluding carboxylic acids is 1. The van der Waals surface area contributed by atoms with Gasteiger partial charge in [-0.2, -0.15) is 0 Å². The van der Waals surface area contributed by atoms with E-state index in [2.05, 4.69) is 29.1 Å².